The zero-order chi connectivity index (χ0) is 19.2. The summed E-state index contributed by atoms with van der Waals surface area (Å²) in [6.45, 7) is 0. The van der Waals surface area contributed by atoms with Gasteiger partial charge in [0.25, 0.3) is 5.91 Å². The molecule has 1 aliphatic rings. The summed E-state index contributed by atoms with van der Waals surface area (Å²) in [5.41, 5.74) is 3.23. The Morgan fingerprint density at radius 3 is 2.56 bits per heavy atom. The van der Waals surface area contributed by atoms with Crippen LogP contribution in [-0.2, 0) is 9.59 Å². The van der Waals surface area contributed by atoms with E-state index in [4.69, 9.17) is 11.6 Å². The molecule has 3 N–H and O–H groups in total. The van der Waals surface area contributed by atoms with Gasteiger partial charge in [0.15, 0.2) is 5.17 Å². The van der Waals surface area contributed by atoms with Crippen LogP contribution in [0.15, 0.2) is 59.7 Å². The molecular formula is C18H15ClN4O3S. The molecule has 1 fully saturated rings. The number of rotatable bonds is 4. The van der Waals surface area contributed by atoms with Crippen molar-refractivity contribution in [3.05, 3.63) is 65.2 Å². The topological polar surface area (TPSA) is 99.7 Å². The zero-order valence-corrected chi connectivity index (χ0v) is 15.5. The van der Waals surface area contributed by atoms with Crippen LogP contribution < -0.4 is 16.1 Å². The summed E-state index contributed by atoms with van der Waals surface area (Å²) in [5, 5.41) is 8.95. The van der Waals surface area contributed by atoms with Crippen LogP contribution in [0.5, 0.6) is 0 Å². The van der Waals surface area contributed by atoms with Crippen LogP contribution in [0.3, 0.4) is 0 Å². The van der Waals surface area contributed by atoms with Gasteiger partial charge < -0.3 is 10.6 Å². The lowest BCUT2D eigenvalue weighted by molar-refractivity contribution is -0.123. The molecule has 1 saturated heterocycles. The molecule has 138 valence electrons. The normalized spacial score (nSPS) is 17.9. The lowest BCUT2D eigenvalue weighted by atomic mass is 10.2. The van der Waals surface area contributed by atoms with Gasteiger partial charge in [-0.2, -0.15) is 0 Å². The van der Waals surface area contributed by atoms with Gasteiger partial charge in [-0.3, -0.25) is 14.4 Å². The molecule has 0 aromatic heterocycles. The van der Waals surface area contributed by atoms with Gasteiger partial charge in [0.1, 0.15) is 5.25 Å². The standard InChI is InChI=1S/C18H15ClN4O3S/c19-13-9-5-4-8-12(13)16(25)22-23-18-21-15(24)10-14(27-18)17(26)20-11-6-2-1-3-7-11/h1-9,14H,10H2,(H,20,26)(H,22,25)(H,21,23,24)/t14-/m0/s1. The highest BCUT2D eigenvalue weighted by Crippen LogP contribution is 2.22. The number of amides is 3. The summed E-state index contributed by atoms with van der Waals surface area (Å²) in [5.74, 6) is -1.18. The first-order chi connectivity index (χ1) is 13.0. The number of carbonyl (C=O) groups excluding carboxylic acids is 3. The van der Waals surface area contributed by atoms with Crippen molar-refractivity contribution in [2.45, 2.75) is 11.7 Å². The van der Waals surface area contributed by atoms with Crippen LogP contribution in [0.2, 0.25) is 5.02 Å². The number of hydrogen-bond donors (Lipinski definition) is 3. The van der Waals surface area contributed by atoms with Crippen LogP contribution in [-0.4, -0.2) is 28.1 Å². The van der Waals surface area contributed by atoms with Crippen molar-refractivity contribution in [1.82, 2.24) is 10.7 Å². The van der Waals surface area contributed by atoms with E-state index in [-0.39, 0.29) is 34.0 Å². The van der Waals surface area contributed by atoms with E-state index in [1.807, 2.05) is 6.07 Å². The first kappa shape index (κ1) is 18.9. The first-order valence-corrected chi connectivity index (χ1v) is 9.23. The van der Waals surface area contributed by atoms with Crippen molar-refractivity contribution >= 4 is 51.9 Å². The molecule has 1 aliphatic heterocycles. The Morgan fingerprint density at radius 2 is 1.81 bits per heavy atom. The number of amidine groups is 1. The van der Waals surface area contributed by atoms with E-state index in [2.05, 4.69) is 21.2 Å². The van der Waals surface area contributed by atoms with Gasteiger partial charge in [-0.15, -0.1) is 5.10 Å². The Balaban J connectivity index is 1.65. The van der Waals surface area contributed by atoms with E-state index < -0.39 is 11.2 Å². The lowest BCUT2D eigenvalue weighted by Gasteiger charge is -2.22. The molecule has 1 atom stereocenters. The highest BCUT2D eigenvalue weighted by molar-refractivity contribution is 8.15. The highest BCUT2D eigenvalue weighted by Gasteiger charge is 2.30. The number of carbonyl (C=O) groups is 3. The minimum absolute atomic E-state index is 0.0147. The average molecular weight is 403 g/mol. The molecule has 0 radical (unpaired) electrons. The Bertz CT molecular complexity index is 904. The maximum Gasteiger partial charge on any atom is 0.272 e. The average Bonchev–Trinajstić information content (AvgIpc) is 2.67. The van der Waals surface area contributed by atoms with E-state index >= 15 is 0 Å². The monoisotopic (exact) mass is 402 g/mol. The molecular weight excluding hydrogens is 388 g/mol. The van der Waals surface area contributed by atoms with E-state index in [1.165, 1.54) is 0 Å². The van der Waals surface area contributed by atoms with Gasteiger partial charge in [0.05, 0.1) is 10.6 Å². The minimum Gasteiger partial charge on any atom is -0.325 e. The molecule has 7 nitrogen and oxygen atoms in total. The van der Waals surface area contributed by atoms with Crippen LogP contribution >= 0.6 is 23.4 Å². The molecule has 0 unspecified atom stereocenters. The van der Waals surface area contributed by atoms with Crippen LogP contribution in [0.25, 0.3) is 0 Å². The number of thioether (sulfide) groups is 1. The Labute approximate surface area is 164 Å². The van der Waals surface area contributed by atoms with Crippen molar-refractivity contribution in [2.75, 3.05) is 5.32 Å². The fraction of sp³-hybridized carbons (Fsp3) is 0.111. The SMILES string of the molecule is O=C1C[C@@H](C(=O)Nc2ccccc2)SC(=NNC(=O)c2ccccc2Cl)N1. The fourth-order valence-corrected chi connectivity index (χ4v) is 3.46. The largest absolute Gasteiger partial charge is 0.325 e. The number of nitrogens with zero attached hydrogens (tertiary/aromatic N) is 1. The van der Waals surface area contributed by atoms with Gasteiger partial charge in [-0.25, -0.2) is 5.43 Å². The quantitative estimate of drug-likeness (QED) is 0.684. The van der Waals surface area contributed by atoms with Gasteiger partial charge in [0, 0.05) is 12.1 Å². The van der Waals surface area contributed by atoms with Crippen LogP contribution in [0, 0.1) is 0 Å². The Hall–Kier alpha value is -2.84. The van der Waals surface area contributed by atoms with Crippen LogP contribution in [0.4, 0.5) is 5.69 Å². The van der Waals surface area contributed by atoms with E-state index in [0.29, 0.717) is 5.69 Å². The number of hydrazone groups is 1. The third-order valence-corrected chi connectivity index (χ3v) is 4.99. The summed E-state index contributed by atoms with van der Waals surface area (Å²) < 4.78 is 0. The van der Waals surface area contributed by atoms with Crippen molar-refractivity contribution in [3.8, 4) is 0 Å². The second-order valence-electron chi connectivity index (χ2n) is 5.55. The van der Waals surface area contributed by atoms with Gasteiger partial charge >= 0.3 is 0 Å². The highest BCUT2D eigenvalue weighted by atomic mass is 35.5. The molecule has 3 rings (SSSR count). The van der Waals surface area contributed by atoms with E-state index in [1.54, 1.807) is 48.5 Å². The molecule has 1 heterocycles. The predicted molar refractivity (Wildman–Crippen MR) is 106 cm³/mol. The Morgan fingerprint density at radius 1 is 1.11 bits per heavy atom. The molecule has 2 aromatic rings. The first-order valence-electron chi connectivity index (χ1n) is 7.98. The molecule has 0 saturated carbocycles. The van der Waals surface area contributed by atoms with Crippen molar-refractivity contribution in [3.63, 3.8) is 0 Å². The fourth-order valence-electron chi connectivity index (χ4n) is 2.30. The van der Waals surface area contributed by atoms with Crippen molar-refractivity contribution < 1.29 is 14.4 Å². The number of para-hydroxylation sites is 1. The third-order valence-electron chi connectivity index (χ3n) is 3.58. The zero-order valence-electron chi connectivity index (χ0n) is 13.9. The predicted octanol–water partition coefficient (Wildman–Crippen LogP) is 2.60. The summed E-state index contributed by atoms with van der Waals surface area (Å²) in [6, 6.07) is 15.5. The number of halogens is 1. The second-order valence-corrected chi connectivity index (χ2v) is 7.15. The number of benzene rings is 2. The maximum absolute atomic E-state index is 12.4. The molecule has 0 bridgehead atoms. The van der Waals surface area contributed by atoms with Gasteiger partial charge in [-0.05, 0) is 24.3 Å². The third kappa shape index (κ3) is 5.08. The molecule has 3 amide bonds. The number of anilines is 1. The van der Waals surface area contributed by atoms with Crippen molar-refractivity contribution in [1.29, 1.82) is 0 Å². The van der Waals surface area contributed by atoms with Crippen LogP contribution in [0.1, 0.15) is 16.8 Å². The van der Waals surface area contributed by atoms with Gasteiger partial charge in [0.2, 0.25) is 11.8 Å². The minimum atomic E-state index is -0.657. The second kappa shape index (κ2) is 8.70. The van der Waals surface area contributed by atoms with E-state index in [9.17, 15) is 14.4 Å². The summed E-state index contributed by atoms with van der Waals surface area (Å²) in [7, 11) is 0. The van der Waals surface area contributed by atoms with Crippen molar-refractivity contribution in [2.24, 2.45) is 5.10 Å². The number of nitrogens with one attached hydrogen (secondary N) is 3. The maximum atomic E-state index is 12.4. The lowest BCUT2D eigenvalue weighted by Crippen LogP contribution is -2.42. The molecule has 0 aliphatic carbocycles. The summed E-state index contributed by atoms with van der Waals surface area (Å²) >= 11 is 7.03. The summed E-state index contributed by atoms with van der Waals surface area (Å²) in [4.78, 5) is 36.4. The molecule has 9 heteroatoms. The molecule has 27 heavy (non-hydrogen) atoms. The smallest absolute Gasteiger partial charge is 0.272 e. The number of hydrogen-bond acceptors (Lipinski definition) is 5. The van der Waals surface area contributed by atoms with Gasteiger partial charge in [-0.1, -0.05) is 53.7 Å². The Kier molecular flexibility index (Phi) is 6.10. The summed E-state index contributed by atoms with van der Waals surface area (Å²) in [6.07, 6.45) is 0.0147. The molecule has 2 aromatic carbocycles. The van der Waals surface area contributed by atoms with E-state index in [0.717, 1.165) is 11.8 Å². The molecule has 0 spiro atoms.